The zero-order valence-corrected chi connectivity index (χ0v) is 7.77. The first kappa shape index (κ1) is 9.50. The Morgan fingerprint density at radius 1 is 1.60 bits per heavy atom. The number of aliphatic hydroxyl groups excluding tert-OH is 1. The summed E-state index contributed by atoms with van der Waals surface area (Å²) in [7, 11) is 0. The van der Waals surface area contributed by atoms with Crippen LogP contribution < -0.4 is 0 Å². The van der Waals surface area contributed by atoms with Gasteiger partial charge in [0.1, 0.15) is 5.76 Å². The lowest BCUT2D eigenvalue weighted by Crippen LogP contribution is -1.82. The molecule has 0 saturated heterocycles. The van der Waals surface area contributed by atoms with Crippen molar-refractivity contribution in [1.82, 2.24) is 0 Å². The van der Waals surface area contributed by atoms with Crippen LogP contribution in [0.1, 0.15) is 13.8 Å². The molecule has 0 amide bonds. The van der Waals surface area contributed by atoms with Gasteiger partial charge in [-0.2, -0.15) is 0 Å². The molecule has 0 saturated carbocycles. The topological polar surface area (TPSA) is 20.2 Å². The van der Waals surface area contributed by atoms with Crippen LogP contribution in [0.2, 0.25) is 0 Å². The molecule has 1 N–H and O–H groups in total. The van der Waals surface area contributed by atoms with Crippen LogP contribution in [-0.2, 0) is 0 Å². The molecular formula is C8H11BrO. The second-order valence-electron chi connectivity index (χ2n) is 1.98. The molecule has 0 unspecified atom stereocenters. The van der Waals surface area contributed by atoms with Gasteiger partial charge in [-0.05, 0) is 41.4 Å². The summed E-state index contributed by atoms with van der Waals surface area (Å²) in [4.78, 5) is 0. The summed E-state index contributed by atoms with van der Waals surface area (Å²) >= 11 is 3.19. The van der Waals surface area contributed by atoms with Crippen molar-refractivity contribution in [2.75, 3.05) is 0 Å². The van der Waals surface area contributed by atoms with Gasteiger partial charge in [-0.1, -0.05) is 12.7 Å². The van der Waals surface area contributed by atoms with E-state index in [0.717, 1.165) is 0 Å². The molecule has 0 bridgehead atoms. The molecule has 0 radical (unpaired) electrons. The maximum atomic E-state index is 9.21. The molecule has 0 aliphatic rings. The molecule has 10 heavy (non-hydrogen) atoms. The molecular weight excluding hydrogens is 192 g/mol. The minimum absolute atomic E-state index is 0.207. The van der Waals surface area contributed by atoms with Gasteiger partial charge < -0.3 is 5.11 Å². The average Bonchev–Trinajstić information content (AvgIpc) is 1.87. The Balaban J connectivity index is 4.50. The third-order valence-electron chi connectivity index (χ3n) is 0.943. The van der Waals surface area contributed by atoms with Gasteiger partial charge in [-0.25, -0.2) is 0 Å². The van der Waals surface area contributed by atoms with Crippen LogP contribution in [0.3, 0.4) is 0 Å². The number of aliphatic hydroxyl groups is 1. The molecule has 0 fully saturated rings. The molecule has 0 rings (SSSR count). The minimum atomic E-state index is 0.207. The fourth-order valence-electron chi connectivity index (χ4n) is 0.429. The summed E-state index contributed by atoms with van der Waals surface area (Å²) < 4.78 is 0.669. The monoisotopic (exact) mass is 202 g/mol. The Bertz CT molecular complexity index is 189. The number of rotatable bonds is 2. The maximum Gasteiger partial charge on any atom is 0.132 e. The van der Waals surface area contributed by atoms with E-state index in [1.807, 2.05) is 13.0 Å². The van der Waals surface area contributed by atoms with Crippen molar-refractivity contribution in [1.29, 1.82) is 0 Å². The predicted octanol–water partition coefficient (Wildman–Crippen LogP) is 3.30. The molecule has 0 aliphatic carbocycles. The number of hydrogen-bond acceptors (Lipinski definition) is 1. The smallest absolute Gasteiger partial charge is 0.132 e. The molecule has 0 heterocycles. The molecule has 2 heteroatoms. The summed E-state index contributed by atoms with van der Waals surface area (Å²) in [6, 6.07) is 0. The van der Waals surface area contributed by atoms with Gasteiger partial charge in [0.2, 0.25) is 0 Å². The number of halogens is 1. The standard InChI is InChI=1S/C8H11BrO/c1-4-5-7(9)8(10)6(2)3/h4-5,10H,2H2,1,3H3/b5-4-,8-7-. The van der Waals surface area contributed by atoms with Gasteiger partial charge in [-0.3, -0.25) is 0 Å². The van der Waals surface area contributed by atoms with Crippen LogP contribution in [0.4, 0.5) is 0 Å². The van der Waals surface area contributed by atoms with E-state index in [-0.39, 0.29) is 5.76 Å². The van der Waals surface area contributed by atoms with Gasteiger partial charge >= 0.3 is 0 Å². The van der Waals surface area contributed by atoms with Crippen LogP contribution in [0, 0.1) is 0 Å². The van der Waals surface area contributed by atoms with Gasteiger partial charge in [0.05, 0.1) is 4.48 Å². The molecule has 0 atom stereocenters. The third kappa shape index (κ3) is 2.87. The first-order valence-corrected chi connectivity index (χ1v) is 3.76. The Labute approximate surface area is 69.9 Å². The average molecular weight is 203 g/mol. The first-order valence-electron chi connectivity index (χ1n) is 2.97. The number of allylic oxidation sites excluding steroid dienone is 4. The van der Waals surface area contributed by atoms with E-state index in [4.69, 9.17) is 0 Å². The zero-order chi connectivity index (χ0) is 8.15. The molecule has 1 nitrogen and oxygen atoms in total. The second kappa shape index (κ2) is 4.34. The van der Waals surface area contributed by atoms with Gasteiger partial charge in [0, 0.05) is 0 Å². The Kier molecular flexibility index (Phi) is 4.12. The minimum Gasteiger partial charge on any atom is -0.507 e. The van der Waals surface area contributed by atoms with Crippen molar-refractivity contribution in [3.63, 3.8) is 0 Å². The molecule has 0 spiro atoms. The number of hydrogen-bond donors (Lipinski definition) is 1. The van der Waals surface area contributed by atoms with E-state index >= 15 is 0 Å². The predicted molar refractivity (Wildman–Crippen MR) is 48.2 cm³/mol. The fourth-order valence-corrected chi connectivity index (χ4v) is 1.03. The summed E-state index contributed by atoms with van der Waals surface area (Å²) in [5.74, 6) is 0.207. The largest absolute Gasteiger partial charge is 0.507 e. The van der Waals surface area contributed by atoms with Crippen LogP contribution in [-0.4, -0.2) is 5.11 Å². The van der Waals surface area contributed by atoms with Crippen molar-refractivity contribution >= 4 is 15.9 Å². The molecule has 56 valence electrons. The van der Waals surface area contributed by atoms with Crippen LogP contribution in [0.25, 0.3) is 0 Å². The normalized spacial score (nSPS) is 13.5. The van der Waals surface area contributed by atoms with Crippen molar-refractivity contribution in [2.45, 2.75) is 13.8 Å². The van der Waals surface area contributed by atoms with Gasteiger partial charge in [0.15, 0.2) is 0 Å². The lowest BCUT2D eigenvalue weighted by atomic mass is 10.2. The summed E-state index contributed by atoms with van der Waals surface area (Å²) in [5, 5.41) is 9.21. The Morgan fingerprint density at radius 2 is 2.10 bits per heavy atom. The van der Waals surface area contributed by atoms with Gasteiger partial charge in [-0.15, -0.1) is 0 Å². The van der Waals surface area contributed by atoms with Crippen molar-refractivity contribution in [3.05, 3.63) is 34.5 Å². The highest BCUT2D eigenvalue weighted by molar-refractivity contribution is 9.11. The fraction of sp³-hybridized carbons (Fsp3) is 0.250. The lowest BCUT2D eigenvalue weighted by molar-refractivity contribution is 0.423. The highest BCUT2D eigenvalue weighted by atomic mass is 79.9. The summed E-state index contributed by atoms with van der Waals surface area (Å²) in [5.41, 5.74) is 0.657. The maximum absolute atomic E-state index is 9.21. The third-order valence-corrected chi connectivity index (χ3v) is 1.58. The van der Waals surface area contributed by atoms with Crippen molar-refractivity contribution < 1.29 is 5.11 Å². The van der Waals surface area contributed by atoms with E-state index in [1.54, 1.807) is 13.0 Å². The van der Waals surface area contributed by atoms with E-state index in [1.165, 1.54) is 0 Å². The highest BCUT2D eigenvalue weighted by Crippen LogP contribution is 2.16. The second-order valence-corrected chi connectivity index (χ2v) is 2.83. The van der Waals surface area contributed by atoms with Crippen LogP contribution >= 0.6 is 15.9 Å². The molecule has 0 aromatic rings. The van der Waals surface area contributed by atoms with Crippen LogP contribution in [0.15, 0.2) is 34.5 Å². The van der Waals surface area contributed by atoms with E-state index < -0.39 is 0 Å². The summed E-state index contributed by atoms with van der Waals surface area (Å²) in [6.07, 6.45) is 3.60. The van der Waals surface area contributed by atoms with Gasteiger partial charge in [0.25, 0.3) is 0 Å². The quantitative estimate of drug-likeness (QED) is 0.539. The first-order chi connectivity index (χ1) is 4.59. The lowest BCUT2D eigenvalue weighted by Gasteiger charge is -1.97. The van der Waals surface area contributed by atoms with Crippen molar-refractivity contribution in [2.24, 2.45) is 0 Å². The highest BCUT2D eigenvalue weighted by Gasteiger charge is 1.97. The molecule has 0 aromatic carbocycles. The Morgan fingerprint density at radius 3 is 2.40 bits per heavy atom. The SMILES string of the molecule is C=C(C)/C(O)=C(Br)\C=C/C. The molecule has 0 aliphatic heterocycles. The summed E-state index contributed by atoms with van der Waals surface area (Å²) in [6.45, 7) is 7.22. The van der Waals surface area contributed by atoms with Crippen LogP contribution in [0.5, 0.6) is 0 Å². The van der Waals surface area contributed by atoms with E-state index in [0.29, 0.717) is 10.1 Å². The van der Waals surface area contributed by atoms with E-state index in [9.17, 15) is 5.11 Å². The van der Waals surface area contributed by atoms with Crippen molar-refractivity contribution in [3.8, 4) is 0 Å². The van der Waals surface area contributed by atoms with E-state index in [2.05, 4.69) is 22.5 Å². The Hall–Kier alpha value is -0.500. The zero-order valence-electron chi connectivity index (χ0n) is 6.19. The molecule has 0 aromatic heterocycles.